The van der Waals surface area contributed by atoms with Gasteiger partial charge < -0.3 is 14.2 Å². The molecule has 0 saturated carbocycles. The van der Waals surface area contributed by atoms with Gasteiger partial charge in [0.1, 0.15) is 13.2 Å². The van der Waals surface area contributed by atoms with Crippen molar-refractivity contribution in [3.8, 4) is 0 Å². The summed E-state index contributed by atoms with van der Waals surface area (Å²) < 4.78 is 16.8. The van der Waals surface area contributed by atoms with Crippen molar-refractivity contribution in [1.82, 2.24) is 0 Å². The van der Waals surface area contributed by atoms with Gasteiger partial charge in [-0.05, 0) is 31.1 Å². The van der Waals surface area contributed by atoms with Gasteiger partial charge in [0, 0.05) is 19.3 Å². The minimum absolute atomic E-state index is 0.0650. The summed E-state index contributed by atoms with van der Waals surface area (Å²) in [6.45, 7) is 11.3. The SMILES string of the molecule is CCCCCCCCCCCCCCCCCCCC(=O)OC[C@@H](COC(=O)CCCCCCCCCCCC(C)C)OC(=O)CCCCCCCCC(C)CC. The average Bonchev–Trinajstić information content (AvgIpc) is 3.19. The molecule has 2 atom stereocenters. The molecule has 0 aliphatic rings. The minimum Gasteiger partial charge on any atom is -0.462 e. The van der Waals surface area contributed by atoms with Gasteiger partial charge in [0.25, 0.3) is 0 Å². The van der Waals surface area contributed by atoms with Crippen LogP contribution in [-0.2, 0) is 28.6 Å². The van der Waals surface area contributed by atoms with Crippen LogP contribution in [0, 0.1) is 11.8 Å². The standard InChI is InChI=1S/C51H98O6/c1-6-8-9-10-11-12-13-14-15-16-17-18-19-22-25-31-36-41-49(52)55-44-48(57-51(54)43-38-33-28-27-30-35-40-47(5)7-2)45-56-50(53)42-37-32-26-23-20-21-24-29-34-39-46(3)4/h46-48H,6-45H2,1-5H3/t47?,48-/m0/s1. The summed E-state index contributed by atoms with van der Waals surface area (Å²) in [7, 11) is 0. The Hall–Kier alpha value is -1.59. The Bertz CT molecular complexity index is 872. The van der Waals surface area contributed by atoms with Crippen molar-refractivity contribution in [2.45, 2.75) is 285 Å². The van der Waals surface area contributed by atoms with Gasteiger partial charge in [-0.25, -0.2) is 0 Å². The zero-order valence-corrected chi connectivity index (χ0v) is 39.0. The second kappa shape index (κ2) is 44.0. The van der Waals surface area contributed by atoms with Gasteiger partial charge in [-0.1, -0.05) is 240 Å². The lowest BCUT2D eigenvalue weighted by Gasteiger charge is -2.18. The normalized spacial score (nSPS) is 12.5. The van der Waals surface area contributed by atoms with Crippen molar-refractivity contribution >= 4 is 17.9 Å². The van der Waals surface area contributed by atoms with Crippen molar-refractivity contribution in [3.05, 3.63) is 0 Å². The van der Waals surface area contributed by atoms with Crippen molar-refractivity contribution in [3.63, 3.8) is 0 Å². The maximum Gasteiger partial charge on any atom is 0.306 e. The molecule has 6 nitrogen and oxygen atoms in total. The Balaban J connectivity index is 4.27. The Morgan fingerprint density at radius 2 is 0.667 bits per heavy atom. The minimum atomic E-state index is -0.762. The molecular formula is C51H98O6. The number of carbonyl (C=O) groups is 3. The molecule has 0 N–H and O–H groups in total. The van der Waals surface area contributed by atoms with Crippen LogP contribution in [0.25, 0.3) is 0 Å². The van der Waals surface area contributed by atoms with E-state index in [-0.39, 0.29) is 31.1 Å². The second-order valence-corrected chi connectivity index (χ2v) is 18.2. The van der Waals surface area contributed by atoms with E-state index in [4.69, 9.17) is 14.2 Å². The number of rotatable bonds is 45. The van der Waals surface area contributed by atoms with Crippen LogP contribution in [0.3, 0.4) is 0 Å². The van der Waals surface area contributed by atoms with Crippen LogP contribution < -0.4 is 0 Å². The predicted molar refractivity (Wildman–Crippen MR) is 243 cm³/mol. The third-order valence-electron chi connectivity index (χ3n) is 11.8. The monoisotopic (exact) mass is 807 g/mol. The van der Waals surface area contributed by atoms with Crippen LogP contribution in [-0.4, -0.2) is 37.2 Å². The molecule has 0 saturated heterocycles. The summed E-state index contributed by atoms with van der Waals surface area (Å²) in [5.74, 6) is 0.763. The Morgan fingerprint density at radius 1 is 0.368 bits per heavy atom. The Labute approximate surface area is 355 Å². The molecule has 0 spiro atoms. The van der Waals surface area contributed by atoms with E-state index >= 15 is 0 Å². The van der Waals surface area contributed by atoms with E-state index in [1.165, 1.54) is 167 Å². The van der Waals surface area contributed by atoms with Crippen LogP contribution in [0.5, 0.6) is 0 Å². The van der Waals surface area contributed by atoms with Gasteiger partial charge in [-0.3, -0.25) is 14.4 Å². The molecule has 0 bridgehead atoms. The molecular weight excluding hydrogens is 709 g/mol. The van der Waals surface area contributed by atoms with Crippen LogP contribution in [0.1, 0.15) is 279 Å². The first-order valence-electron chi connectivity index (χ1n) is 25.3. The maximum absolute atomic E-state index is 12.7. The van der Waals surface area contributed by atoms with E-state index < -0.39 is 6.10 Å². The number of hydrogen-bond acceptors (Lipinski definition) is 6. The van der Waals surface area contributed by atoms with Gasteiger partial charge in [0.2, 0.25) is 0 Å². The summed E-state index contributed by atoms with van der Waals surface area (Å²) in [4.78, 5) is 37.8. The molecule has 0 aromatic heterocycles. The summed E-state index contributed by atoms with van der Waals surface area (Å²) in [6.07, 6.45) is 43.8. The molecule has 0 fully saturated rings. The zero-order valence-electron chi connectivity index (χ0n) is 39.0. The molecule has 0 aliphatic carbocycles. The first-order valence-corrected chi connectivity index (χ1v) is 25.3. The van der Waals surface area contributed by atoms with Crippen LogP contribution in [0.4, 0.5) is 0 Å². The van der Waals surface area contributed by atoms with E-state index in [1.54, 1.807) is 0 Å². The fraction of sp³-hybridized carbons (Fsp3) is 0.941. The third-order valence-corrected chi connectivity index (χ3v) is 11.8. The highest BCUT2D eigenvalue weighted by Gasteiger charge is 2.19. The molecule has 0 aliphatic heterocycles. The average molecular weight is 807 g/mol. The molecule has 6 heteroatoms. The number of esters is 3. The fourth-order valence-electron chi connectivity index (χ4n) is 7.60. The molecule has 0 aromatic rings. The Morgan fingerprint density at radius 3 is 1.00 bits per heavy atom. The van der Waals surface area contributed by atoms with Crippen LogP contribution in [0.15, 0.2) is 0 Å². The van der Waals surface area contributed by atoms with E-state index in [9.17, 15) is 14.4 Å². The van der Waals surface area contributed by atoms with Gasteiger partial charge in [0.15, 0.2) is 6.10 Å². The lowest BCUT2D eigenvalue weighted by atomic mass is 10.00. The third kappa shape index (κ3) is 43.8. The number of hydrogen-bond donors (Lipinski definition) is 0. The van der Waals surface area contributed by atoms with Crippen molar-refractivity contribution < 1.29 is 28.6 Å². The summed E-state index contributed by atoms with van der Waals surface area (Å²) in [5.41, 5.74) is 0. The van der Waals surface area contributed by atoms with E-state index in [1.807, 2.05) is 0 Å². The van der Waals surface area contributed by atoms with Gasteiger partial charge >= 0.3 is 17.9 Å². The molecule has 57 heavy (non-hydrogen) atoms. The van der Waals surface area contributed by atoms with Gasteiger partial charge in [-0.2, -0.15) is 0 Å². The summed E-state index contributed by atoms with van der Waals surface area (Å²) in [5, 5.41) is 0. The number of unbranched alkanes of at least 4 members (excludes halogenated alkanes) is 29. The first-order chi connectivity index (χ1) is 27.8. The second-order valence-electron chi connectivity index (χ2n) is 18.2. The molecule has 0 heterocycles. The maximum atomic E-state index is 12.7. The van der Waals surface area contributed by atoms with Gasteiger partial charge in [-0.15, -0.1) is 0 Å². The van der Waals surface area contributed by atoms with Crippen molar-refractivity contribution in [2.75, 3.05) is 13.2 Å². The van der Waals surface area contributed by atoms with E-state index in [0.717, 1.165) is 69.6 Å². The molecule has 0 amide bonds. The van der Waals surface area contributed by atoms with E-state index in [2.05, 4.69) is 34.6 Å². The van der Waals surface area contributed by atoms with Crippen LogP contribution >= 0.6 is 0 Å². The lowest BCUT2D eigenvalue weighted by Crippen LogP contribution is -2.30. The molecule has 0 radical (unpaired) electrons. The smallest absolute Gasteiger partial charge is 0.306 e. The summed E-state index contributed by atoms with van der Waals surface area (Å²) in [6, 6.07) is 0. The highest BCUT2D eigenvalue weighted by molar-refractivity contribution is 5.71. The molecule has 1 unspecified atom stereocenters. The predicted octanol–water partition coefficient (Wildman–Crippen LogP) is 16.1. The Kier molecular flexibility index (Phi) is 42.7. The zero-order chi connectivity index (χ0) is 41.9. The number of carbonyl (C=O) groups excluding carboxylic acids is 3. The topological polar surface area (TPSA) is 78.9 Å². The highest BCUT2D eigenvalue weighted by atomic mass is 16.6. The number of ether oxygens (including phenoxy) is 3. The quantitative estimate of drug-likeness (QED) is 0.0346. The largest absolute Gasteiger partial charge is 0.462 e. The van der Waals surface area contributed by atoms with E-state index in [0.29, 0.717) is 19.3 Å². The lowest BCUT2D eigenvalue weighted by molar-refractivity contribution is -0.167. The molecule has 0 aromatic carbocycles. The van der Waals surface area contributed by atoms with Crippen LogP contribution in [0.2, 0.25) is 0 Å². The summed E-state index contributed by atoms with van der Waals surface area (Å²) >= 11 is 0. The molecule has 0 rings (SSSR count). The van der Waals surface area contributed by atoms with Gasteiger partial charge in [0.05, 0.1) is 0 Å². The highest BCUT2D eigenvalue weighted by Crippen LogP contribution is 2.17. The molecule has 338 valence electrons. The first kappa shape index (κ1) is 55.4. The van der Waals surface area contributed by atoms with Crippen molar-refractivity contribution in [1.29, 1.82) is 0 Å². The van der Waals surface area contributed by atoms with Crippen molar-refractivity contribution in [2.24, 2.45) is 11.8 Å². The fourth-order valence-corrected chi connectivity index (χ4v) is 7.60.